The maximum atomic E-state index is 11.8. The van der Waals surface area contributed by atoms with Gasteiger partial charge in [0.1, 0.15) is 24.5 Å². The predicted octanol–water partition coefficient (Wildman–Crippen LogP) is -0.0939. The third-order valence-electron chi connectivity index (χ3n) is 2.65. The van der Waals surface area contributed by atoms with E-state index in [9.17, 15) is 4.79 Å². The molecule has 0 saturated carbocycles. The zero-order valence-electron chi connectivity index (χ0n) is 11.3. The average molecular weight is 285 g/mol. The van der Waals surface area contributed by atoms with Gasteiger partial charge in [0.2, 0.25) is 0 Å². The Bertz CT molecular complexity index is 626. The maximum absolute atomic E-state index is 11.8. The molecule has 108 valence electrons. The third-order valence-corrected chi connectivity index (χ3v) is 2.65. The minimum absolute atomic E-state index is 0.201. The number of aliphatic hydroxyl groups is 1. The smallest absolute Gasteiger partial charge is 0.269 e. The fourth-order valence-corrected chi connectivity index (χ4v) is 1.64. The Balaban J connectivity index is 1.77. The van der Waals surface area contributed by atoms with E-state index in [-0.39, 0.29) is 12.5 Å². The first kappa shape index (κ1) is 14.7. The van der Waals surface area contributed by atoms with E-state index in [2.05, 4.69) is 37.3 Å². The average Bonchev–Trinajstić information content (AvgIpc) is 3.03. The number of nitrogens with one attached hydrogen (secondary N) is 2. The van der Waals surface area contributed by atoms with Gasteiger partial charge in [-0.15, -0.1) is 0 Å². The van der Waals surface area contributed by atoms with Crippen LogP contribution in [0, 0.1) is 11.8 Å². The largest absolute Gasteiger partial charge is 0.384 e. The van der Waals surface area contributed by atoms with Crippen LogP contribution in [0.1, 0.15) is 28.3 Å². The Morgan fingerprint density at radius 2 is 2.29 bits per heavy atom. The fraction of sp³-hybridized carbons (Fsp3) is 0.286. The molecule has 0 aliphatic rings. The van der Waals surface area contributed by atoms with Crippen molar-refractivity contribution in [3.63, 3.8) is 0 Å². The van der Waals surface area contributed by atoms with Gasteiger partial charge in [-0.3, -0.25) is 9.89 Å². The molecular weight excluding hydrogens is 270 g/mol. The van der Waals surface area contributed by atoms with Gasteiger partial charge in [0, 0.05) is 24.7 Å². The highest BCUT2D eigenvalue weighted by molar-refractivity contribution is 5.92. The third kappa shape index (κ3) is 4.71. The number of aryl methyl sites for hydroxylation is 1. The summed E-state index contributed by atoms with van der Waals surface area (Å²) in [5, 5.41) is 17.9. The summed E-state index contributed by atoms with van der Waals surface area (Å²) in [4.78, 5) is 19.9. The highest BCUT2D eigenvalue weighted by atomic mass is 16.2. The number of nitrogens with zero attached hydrogens (tertiary/aromatic N) is 3. The van der Waals surface area contributed by atoms with Crippen molar-refractivity contribution < 1.29 is 9.90 Å². The van der Waals surface area contributed by atoms with Crippen LogP contribution in [0.4, 0.5) is 0 Å². The molecule has 7 nitrogen and oxygen atoms in total. The van der Waals surface area contributed by atoms with Gasteiger partial charge in [0.25, 0.3) is 5.91 Å². The number of hydrogen-bond acceptors (Lipinski definition) is 5. The van der Waals surface area contributed by atoms with Gasteiger partial charge in [-0.05, 0) is 18.6 Å². The second kappa shape index (κ2) is 7.77. The van der Waals surface area contributed by atoms with Crippen molar-refractivity contribution in [2.24, 2.45) is 0 Å². The highest BCUT2D eigenvalue weighted by Gasteiger charge is 2.06. The lowest BCUT2D eigenvalue weighted by molar-refractivity contribution is 0.0948. The number of aromatic nitrogens is 4. The zero-order chi connectivity index (χ0) is 14.9. The van der Waals surface area contributed by atoms with E-state index in [1.54, 1.807) is 12.1 Å². The second-order valence-electron chi connectivity index (χ2n) is 4.18. The van der Waals surface area contributed by atoms with E-state index in [0.717, 1.165) is 18.7 Å². The Labute approximate surface area is 121 Å². The Hall–Kier alpha value is -2.72. The van der Waals surface area contributed by atoms with Gasteiger partial charge < -0.3 is 10.4 Å². The molecule has 0 unspecified atom stereocenters. The monoisotopic (exact) mass is 285 g/mol. The first-order chi connectivity index (χ1) is 10.3. The second-order valence-corrected chi connectivity index (χ2v) is 4.18. The van der Waals surface area contributed by atoms with Gasteiger partial charge in [-0.25, -0.2) is 9.97 Å². The maximum Gasteiger partial charge on any atom is 0.269 e. The summed E-state index contributed by atoms with van der Waals surface area (Å²) in [6.45, 7) is 0.334. The van der Waals surface area contributed by atoms with E-state index >= 15 is 0 Å². The minimum atomic E-state index is -0.228. The molecule has 0 atom stereocenters. The Morgan fingerprint density at radius 1 is 1.38 bits per heavy atom. The number of amides is 1. The summed E-state index contributed by atoms with van der Waals surface area (Å²) < 4.78 is 0. The first-order valence-corrected chi connectivity index (χ1v) is 6.48. The highest BCUT2D eigenvalue weighted by Crippen LogP contribution is 1.99. The van der Waals surface area contributed by atoms with E-state index in [4.69, 9.17) is 5.11 Å². The quantitative estimate of drug-likeness (QED) is 0.526. The van der Waals surface area contributed by atoms with Crippen molar-refractivity contribution in [2.45, 2.75) is 12.8 Å². The molecule has 0 radical (unpaired) electrons. The Morgan fingerprint density at radius 3 is 2.95 bits per heavy atom. The lowest BCUT2D eigenvalue weighted by atomic mass is 10.2. The molecule has 2 aromatic rings. The molecule has 2 heterocycles. The summed E-state index contributed by atoms with van der Waals surface area (Å²) in [5.74, 6) is 5.81. The SMILES string of the molecule is O=C(NCCCc1ncn[nH]1)c1ccc(C#CCO)cn1. The van der Waals surface area contributed by atoms with Gasteiger partial charge in [0.15, 0.2) is 0 Å². The number of carbonyl (C=O) groups is 1. The molecule has 0 aromatic carbocycles. The van der Waals surface area contributed by atoms with Crippen LogP contribution in [-0.2, 0) is 6.42 Å². The molecule has 0 spiro atoms. The molecule has 0 aliphatic heterocycles. The number of rotatable bonds is 5. The molecule has 2 aromatic heterocycles. The number of aromatic amines is 1. The van der Waals surface area contributed by atoms with Gasteiger partial charge in [0.05, 0.1) is 0 Å². The summed E-state index contributed by atoms with van der Waals surface area (Å²) in [6.07, 6.45) is 4.45. The van der Waals surface area contributed by atoms with Crippen molar-refractivity contribution >= 4 is 5.91 Å². The molecule has 7 heteroatoms. The molecule has 1 amide bonds. The summed E-state index contributed by atoms with van der Waals surface area (Å²) in [6, 6.07) is 3.30. The topological polar surface area (TPSA) is 104 Å². The number of H-pyrrole nitrogens is 1. The lowest BCUT2D eigenvalue weighted by Gasteiger charge is -2.03. The molecule has 2 rings (SSSR count). The van der Waals surface area contributed by atoms with Crippen molar-refractivity contribution in [2.75, 3.05) is 13.2 Å². The number of aliphatic hydroxyl groups excluding tert-OH is 1. The van der Waals surface area contributed by atoms with Crippen LogP contribution in [0.5, 0.6) is 0 Å². The van der Waals surface area contributed by atoms with E-state index in [1.165, 1.54) is 12.5 Å². The van der Waals surface area contributed by atoms with Crippen LogP contribution >= 0.6 is 0 Å². The molecular formula is C14H15N5O2. The van der Waals surface area contributed by atoms with Gasteiger partial charge >= 0.3 is 0 Å². The van der Waals surface area contributed by atoms with Crippen molar-refractivity contribution in [1.82, 2.24) is 25.5 Å². The van der Waals surface area contributed by atoms with Crippen LogP contribution in [-0.4, -0.2) is 44.3 Å². The van der Waals surface area contributed by atoms with Crippen molar-refractivity contribution in [1.29, 1.82) is 0 Å². The zero-order valence-corrected chi connectivity index (χ0v) is 11.3. The first-order valence-electron chi connectivity index (χ1n) is 6.48. The molecule has 21 heavy (non-hydrogen) atoms. The Kier molecular flexibility index (Phi) is 5.43. The minimum Gasteiger partial charge on any atom is -0.384 e. The normalized spacial score (nSPS) is 9.76. The van der Waals surface area contributed by atoms with Crippen LogP contribution < -0.4 is 5.32 Å². The van der Waals surface area contributed by atoms with Crippen LogP contribution in [0.25, 0.3) is 0 Å². The van der Waals surface area contributed by atoms with Crippen LogP contribution in [0.2, 0.25) is 0 Å². The standard InChI is InChI=1S/C14H15N5O2/c20-8-2-3-11-5-6-12(16-9-11)14(21)15-7-1-4-13-17-10-18-19-13/h5-6,9-10,20H,1,4,7-8H2,(H,15,21)(H,17,18,19). The fourth-order valence-electron chi connectivity index (χ4n) is 1.64. The molecule has 0 aliphatic carbocycles. The van der Waals surface area contributed by atoms with E-state index in [1.807, 2.05) is 0 Å². The van der Waals surface area contributed by atoms with Gasteiger partial charge in [-0.1, -0.05) is 11.8 Å². The van der Waals surface area contributed by atoms with E-state index < -0.39 is 0 Å². The van der Waals surface area contributed by atoms with Crippen LogP contribution in [0.15, 0.2) is 24.7 Å². The van der Waals surface area contributed by atoms with Crippen molar-refractivity contribution in [3.8, 4) is 11.8 Å². The lowest BCUT2D eigenvalue weighted by Crippen LogP contribution is -2.25. The summed E-state index contributed by atoms with van der Waals surface area (Å²) >= 11 is 0. The molecule has 0 fully saturated rings. The summed E-state index contributed by atoms with van der Waals surface area (Å²) in [5.41, 5.74) is 0.995. The van der Waals surface area contributed by atoms with Gasteiger partial charge in [-0.2, -0.15) is 5.10 Å². The molecule has 3 N–H and O–H groups in total. The summed E-state index contributed by atoms with van der Waals surface area (Å²) in [7, 11) is 0. The number of carbonyl (C=O) groups excluding carboxylic acids is 1. The number of pyridine rings is 1. The molecule has 0 saturated heterocycles. The molecule has 0 bridgehead atoms. The number of hydrogen-bond donors (Lipinski definition) is 3. The predicted molar refractivity (Wildman–Crippen MR) is 75.2 cm³/mol. The van der Waals surface area contributed by atoms with E-state index in [0.29, 0.717) is 17.8 Å². The van der Waals surface area contributed by atoms with Crippen molar-refractivity contribution in [3.05, 3.63) is 41.7 Å². The van der Waals surface area contributed by atoms with Crippen LogP contribution in [0.3, 0.4) is 0 Å².